The van der Waals surface area contributed by atoms with E-state index in [4.69, 9.17) is 24.8 Å². The van der Waals surface area contributed by atoms with Crippen LogP contribution in [0.25, 0.3) is 0 Å². The fraction of sp³-hybridized carbons (Fsp3) is 0.894. The number of hydrogen-bond acceptors (Lipinski definition) is 9. The van der Waals surface area contributed by atoms with Crippen LogP contribution in [0.1, 0.15) is 239 Å². The van der Waals surface area contributed by atoms with Gasteiger partial charge in [-0.1, -0.05) is 199 Å². The molecule has 0 bridgehead atoms. The highest BCUT2D eigenvalue weighted by molar-refractivity contribution is 7.47. The monoisotopic (exact) mass is 860 g/mol. The summed E-state index contributed by atoms with van der Waals surface area (Å²) in [5, 5.41) is 8.90. The molecule has 0 heterocycles. The molecule has 59 heavy (non-hydrogen) atoms. The summed E-state index contributed by atoms with van der Waals surface area (Å²) in [7, 11) is -4.71. The third-order valence-corrected chi connectivity index (χ3v) is 11.7. The number of rotatable bonds is 46. The number of unbranched alkanes of at least 4 members (excludes halogenated alkanes) is 30. The zero-order valence-corrected chi connectivity index (χ0v) is 38.8. The Bertz CT molecular complexity index is 1060. The third-order valence-electron chi connectivity index (χ3n) is 10.8. The molecule has 0 aliphatic heterocycles. The van der Waals surface area contributed by atoms with Crippen LogP contribution in [0.3, 0.4) is 0 Å². The molecular formula is C47H90NO10P. The molecule has 0 spiro atoms. The average molecular weight is 860 g/mol. The predicted octanol–water partition coefficient (Wildman–Crippen LogP) is 13.2. The van der Waals surface area contributed by atoms with E-state index in [1.54, 1.807) is 0 Å². The maximum absolute atomic E-state index is 12.7. The van der Waals surface area contributed by atoms with E-state index in [-0.39, 0.29) is 19.4 Å². The number of ether oxygens (including phenoxy) is 2. The zero-order valence-electron chi connectivity index (χ0n) is 37.9. The van der Waals surface area contributed by atoms with Crippen LogP contribution in [-0.4, -0.2) is 59.9 Å². The van der Waals surface area contributed by atoms with Gasteiger partial charge in [0.15, 0.2) is 6.10 Å². The molecule has 0 aliphatic rings. The van der Waals surface area contributed by atoms with Crippen molar-refractivity contribution in [2.75, 3.05) is 19.8 Å². The number of carboxylic acids is 1. The average Bonchev–Trinajstić information content (AvgIpc) is 3.21. The van der Waals surface area contributed by atoms with E-state index in [1.807, 2.05) is 0 Å². The molecule has 0 saturated carbocycles. The van der Waals surface area contributed by atoms with Gasteiger partial charge >= 0.3 is 25.7 Å². The molecule has 0 aromatic carbocycles. The van der Waals surface area contributed by atoms with Crippen LogP contribution >= 0.6 is 7.82 Å². The fourth-order valence-electron chi connectivity index (χ4n) is 6.94. The van der Waals surface area contributed by atoms with Gasteiger partial charge in [-0.2, -0.15) is 0 Å². The van der Waals surface area contributed by atoms with Crippen molar-refractivity contribution in [3.63, 3.8) is 0 Å². The second-order valence-corrected chi connectivity index (χ2v) is 18.1. The number of esters is 2. The summed E-state index contributed by atoms with van der Waals surface area (Å²) in [4.78, 5) is 46.0. The Morgan fingerprint density at radius 1 is 0.508 bits per heavy atom. The van der Waals surface area contributed by atoms with Crippen LogP contribution in [0.5, 0.6) is 0 Å². The van der Waals surface area contributed by atoms with Crippen molar-refractivity contribution in [2.45, 2.75) is 251 Å². The Morgan fingerprint density at radius 2 is 0.847 bits per heavy atom. The van der Waals surface area contributed by atoms with Crippen LogP contribution in [0.4, 0.5) is 0 Å². The summed E-state index contributed by atoms with van der Waals surface area (Å²) in [6.07, 6.45) is 44.2. The highest BCUT2D eigenvalue weighted by Gasteiger charge is 2.28. The number of hydrogen-bond donors (Lipinski definition) is 3. The van der Waals surface area contributed by atoms with E-state index in [9.17, 15) is 23.8 Å². The van der Waals surface area contributed by atoms with E-state index in [2.05, 4.69) is 30.5 Å². The summed E-state index contributed by atoms with van der Waals surface area (Å²) in [5.74, 6) is -2.37. The molecule has 0 aromatic heterocycles. The van der Waals surface area contributed by atoms with Gasteiger partial charge in [0, 0.05) is 12.8 Å². The van der Waals surface area contributed by atoms with Crippen molar-refractivity contribution < 1.29 is 47.5 Å². The molecule has 0 rings (SSSR count). The first-order valence-electron chi connectivity index (χ1n) is 24.2. The number of phosphoric acid groups is 1. The van der Waals surface area contributed by atoms with Crippen molar-refractivity contribution in [3.05, 3.63) is 12.2 Å². The lowest BCUT2D eigenvalue weighted by molar-refractivity contribution is -0.161. The van der Waals surface area contributed by atoms with Crippen LogP contribution < -0.4 is 5.73 Å². The highest BCUT2D eigenvalue weighted by atomic mass is 31.2. The van der Waals surface area contributed by atoms with Gasteiger partial charge in [0.05, 0.1) is 13.2 Å². The Balaban J connectivity index is 4.23. The minimum Gasteiger partial charge on any atom is -0.480 e. The second kappa shape index (κ2) is 42.9. The molecule has 12 heteroatoms. The predicted molar refractivity (Wildman–Crippen MR) is 240 cm³/mol. The Kier molecular flexibility index (Phi) is 41.6. The molecule has 348 valence electrons. The first-order chi connectivity index (χ1) is 28.6. The SMILES string of the molecule is CCCCCCC/C=C/CCCCCCCC(=O)OC[C@@H](COP(=O)(O)OC[C@H](N)C(=O)O)OC(=O)CCCCCCCCCCCCCCCCCCCCCCC. The van der Waals surface area contributed by atoms with Gasteiger partial charge in [-0.3, -0.25) is 23.4 Å². The van der Waals surface area contributed by atoms with Crippen LogP contribution in [0, 0.1) is 0 Å². The van der Waals surface area contributed by atoms with E-state index in [1.165, 1.54) is 141 Å². The molecule has 0 fully saturated rings. The van der Waals surface area contributed by atoms with Crippen LogP contribution in [0.15, 0.2) is 12.2 Å². The summed E-state index contributed by atoms with van der Waals surface area (Å²) in [6, 6.07) is -1.52. The normalized spacial score (nSPS) is 13.7. The Morgan fingerprint density at radius 3 is 1.24 bits per heavy atom. The summed E-state index contributed by atoms with van der Waals surface area (Å²) in [6.45, 7) is 2.83. The van der Waals surface area contributed by atoms with Crippen molar-refractivity contribution in [1.82, 2.24) is 0 Å². The molecule has 1 unspecified atom stereocenters. The number of nitrogens with two attached hydrogens (primary N) is 1. The molecule has 0 aromatic rings. The Hall–Kier alpha value is -1.78. The van der Waals surface area contributed by atoms with Gasteiger partial charge in [0.25, 0.3) is 0 Å². The van der Waals surface area contributed by atoms with Crippen molar-refractivity contribution in [3.8, 4) is 0 Å². The summed E-state index contributed by atoms with van der Waals surface area (Å²) < 4.78 is 32.8. The maximum atomic E-state index is 12.7. The first-order valence-corrected chi connectivity index (χ1v) is 25.7. The van der Waals surface area contributed by atoms with Gasteiger partial charge in [0.2, 0.25) is 0 Å². The molecular weight excluding hydrogens is 769 g/mol. The molecule has 3 atom stereocenters. The number of allylic oxidation sites excluding steroid dienone is 2. The van der Waals surface area contributed by atoms with Crippen molar-refractivity contribution >= 4 is 25.7 Å². The van der Waals surface area contributed by atoms with Crippen LogP contribution in [-0.2, 0) is 37.5 Å². The smallest absolute Gasteiger partial charge is 0.472 e. The lowest BCUT2D eigenvalue weighted by atomic mass is 10.0. The number of carbonyl (C=O) groups is 3. The van der Waals surface area contributed by atoms with Gasteiger partial charge in [-0.15, -0.1) is 0 Å². The highest BCUT2D eigenvalue weighted by Crippen LogP contribution is 2.43. The fourth-order valence-corrected chi connectivity index (χ4v) is 7.72. The third kappa shape index (κ3) is 42.7. The molecule has 0 radical (unpaired) electrons. The number of carbonyl (C=O) groups excluding carboxylic acids is 2. The van der Waals surface area contributed by atoms with E-state index in [0.29, 0.717) is 12.8 Å². The quantitative estimate of drug-likeness (QED) is 0.0230. The number of carboxylic acid groups (broad SMARTS) is 1. The van der Waals surface area contributed by atoms with E-state index >= 15 is 0 Å². The first kappa shape index (κ1) is 57.2. The largest absolute Gasteiger partial charge is 0.480 e. The van der Waals surface area contributed by atoms with Crippen molar-refractivity contribution in [1.29, 1.82) is 0 Å². The molecule has 0 amide bonds. The minimum absolute atomic E-state index is 0.166. The topological polar surface area (TPSA) is 172 Å². The van der Waals surface area contributed by atoms with Gasteiger partial charge < -0.3 is 25.2 Å². The van der Waals surface area contributed by atoms with E-state index in [0.717, 1.165) is 57.8 Å². The number of aliphatic carboxylic acids is 1. The van der Waals surface area contributed by atoms with Gasteiger partial charge in [0.1, 0.15) is 12.6 Å². The van der Waals surface area contributed by atoms with Crippen LogP contribution in [0.2, 0.25) is 0 Å². The molecule has 11 nitrogen and oxygen atoms in total. The standard InChI is InChI=1S/C47H90NO10P/c1-3-5-7-9-11-13-15-17-19-20-21-22-23-24-25-27-29-31-33-35-37-39-46(50)58-43(41-56-59(53,54)57-42-44(48)47(51)52)40-55-45(49)38-36-34-32-30-28-26-18-16-14-12-10-8-6-4-2/h16,18,43-44H,3-15,17,19-42,48H2,1-2H3,(H,51,52)(H,53,54)/b18-16+/t43-,44-/m0/s1. The van der Waals surface area contributed by atoms with E-state index < -0.39 is 51.1 Å². The zero-order chi connectivity index (χ0) is 43.5. The lowest BCUT2D eigenvalue weighted by Gasteiger charge is -2.20. The van der Waals surface area contributed by atoms with Gasteiger partial charge in [-0.05, 0) is 38.5 Å². The van der Waals surface area contributed by atoms with Gasteiger partial charge in [-0.25, -0.2) is 4.57 Å². The maximum Gasteiger partial charge on any atom is 0.472 e. The molecule has 4 N–H and O–H groups in total. The summed E-state index contributed by atoms with van der Waals surface area (Å²) in [5.41, 5.74) is 5.34. The molecule has 0 saturated heterocycles. The Labute approximate surface area is 360 Å². The second-order valence-electron chi connectivity index (χ2n) is 16.6. The number of phosphoric ester groups is 1. The van der Waals surface area contributed by atoms with Crippen molar-refractivity contribution in [2.24, 2.45) is 5.73 Å². The summed E-state index contributed by atoms with van der Waals surface area (Å²) >= 11 is 0. The molecule has 0 aliphatic carbocycles. The minimum atomic E-state index is -4.71. The lowest BCUT2D eigenvalue weighted by Crippen LogP contribution is -2.34.